The summed E-state index contributed by atoms with van der Waals surface area (Å²) in [6, 6.07) is 13.1. The number of anilines is 4. The molecule has 1 fully saturated rings. The van der Waals surface area contributed by atoms with Gasteiger partial charge in [0, 0.05) is 38.4 Å². The van der Waals surface area contributed by atoms with Crippen molar-refractivity contribution in [1.82, 2.24) is 9.97 Å². The van der Waals surface area contributed by atoms with Crippen LogP contribution in [0.4, 0.5) is 31.9 Å². The maximum Gasteiger partial charge on any atom is 0.229 e. The largest absolute Gasteiger partial charge is 0.495 e. The van der Waals surface area contributed by atoms with Crippen LogP contribution in [0.25, 0.3) is 0 Å². The molecule has 3 aromatic rings. The van der Waals surface area contributed by atoms with Crippen LogP contribution in [-0.4, -0.2) is 43.3 Å². The summed E-state index contributed by atoms with van der Waals surface area (Å²) in [6.07, 6.45) is 1.62. The first-order valence-corrected chi connectivity index (χ1v) is 9.32. The maximum atomic E-state index is 13.9. The van der Waals surface area contributed by atoms with Gasteiger partial charge in [0.2, 0.25) is 5.95 Å². The van der Waals surface area contributed by atoms with Crippen LogP contribution in [0.15, 0.2) is 54.7 Å². The minimum absolute atomic E-state index is 0.129. The second-order valence-electron chi connectivity index (χ2n) is 6.63. The highest BCUT2D eigenvalue weighted by Crippen LogP contribution is 2.29. The van der Waals surface area contributed by atoms with Crippen molar-refractivity contribution in [1.29, 1.82) is 0 Å². The fourth-order valence-corrected chi connectivity index (χ4v) is 3.36. The second-order valence-corrected chi connectivity index (χ2v) is 6.63. The molecule has 0 radical (unpaired) electrons. The highest BCUT2D eigenvalue weighted by molar-refractivity contribution is 5.60. The second kappa shape index (κ2) is 8.30. The normalized spacial score (nSPS) is 14.0. The molecule has 6 nitrogen and oxygen atoms in total. The Morgan fingerprint density at radius 3 is 2.48 bits per heavy atom. The number of hydrogen-bond donors (Lipinski definition) is 1. The molecule has 4 rings (SSSR count). The van der Waals surface area contributed by atoms with Crippen LogP contribution in [0.5, 0.6) is 5.75 Å². The van der Waals surface area contributed by atoms with E-state index in [1.54, 1.807) is 13.3 Å². The van der Waals surface area contributed by atoms with Crippen LogP contribution in [0.3, 0.4) is 0 Å². The molecule has 2 aromatic carbocycles. The van der Waals surface area contributed by atoms with Crippen molar-refractivity contribution in [2.75, 3.05) is 48.4 Å². The van der Waals surface area contributed by atoms with Crippen molar-refractivity contribution in [3.63, 3.8) is 0 Å². The van der Waals surface area contributed by atoms with E-state index in [2.05, 4.69) is 31.2 Å². The molecule has 0 amide bonds. The monoisotopic (exact) mass is 397 g/mol. The minimum atomic E-state index is -0.690. The van der Waals surface area contributed by atoms with Crippen molar-refractivity contribution in [3.05, 3.63) is 66.4 Å². The summed E-state index contributed by atoms with van der Waals surface area (Å²) in [7, 11) is 1.68. The van der Waals surface area contributed by atoms with Gasteiger partial charge in [0.25, 0.3) is 0 Å². The van der Waals surface area contributed by atoms with Gasteiger partial charge in [0.15, 0.2) is 0 Å². The van der Waals surface area contributed by atoms with Gasteiger partial charge in [0.05, 0.1) is 18.5 Å². The molecule has 29 heavy (non-hydrogen) atoms. The van der Waals surface area contributed by atoms with E-state index in [4.69, 9.17) is 4.74 Å². The van der Waals surface area contributed by atoms with Crippen molar-refractivity contribution in [2.24, 2.45) is 0 Å². The first kappa shape index (κ1) is 18.9. The smallest absolute Gasteiger partial charge is 0.229 e. The van der Waals surface area contributed by atoms with Crippen LogP contribution in [0.1, 0.15) is 0 Å². The number of aromatic nitrogens is 2. The third-order valence-electron chi connectivity index (χ3n) is 4.85. The third kappa shape index (κ3) is 4.21. The average Bonchev–Trinajstić information content (AvgIpc) is 2.76. The van der Waals surface area contributed by atoms with E-state index in [9.17, 15) is 8.78 Å². The Hall–Kier alpha value is -3.42. The summed E-state index contributed by atoms with van der Waals surface area (Å²) in [5.74, 6) is 0.556. The van der Waals surface area contributed by atoms with Crippen LogP contribution in [0.2, 0.25) is 0 Å². The zero-order chi connectivity index (χ0) is 20.2. The molecule has 1 N–H and O–H groups in total. The number of hydrogen-bond acceptors (Lipinski definition) is 6. The fourth-order valence-electron chi connectivity index (χ4n) is 3.36. The van der Waals surface area contributed by atoms with Gasteiger partial charge in [-0.2, -0.15) is 4.98 Å². The predicted octanol–water partition coefficient (Wildman–Crippen LogP) is 3.83. The molecule has 2 heterocycles. The van der Waals surface area contributed by atoms with Gasteiger partial charge in [-0.3, -0.25) is 0 Å². The van der Waals surface area contributed by atoms with Crippen LogP contribution in [-0.2, 0) is 0 Å². The summed E-state index contributed by atoms with van der Waals surface area (Å²) in [5.41, 5.74) is 1.20. The molecule has 0 atom stereocenters. The third-order valence-corrected chi connectivity index (χ3v) is 4.85. The molecule has 1 aromatic heterocycles. The minimum Gasteiger partial charge on any atom is -0.495 e. The number of halogens is 2. The molecule has 0 aliphatic carbocycles. The summed E-state index contributed by atoms with van der Waals surface area (Å²) in [6.45, 7) is 3.19. The summed E-state index contributed by atoms with van der Waals surface area (Å²) >= 11 is 0. The van der Waals surface area contributed by atoms with Crippen molar-refractivity contribution >= 4 is 23.1 Å². The van der Waals surface area contributed by atoms with E-state index in [0.717, 1.165) is 49.5 Å². The number of piperazine rings is 1. The Morgan fingerprint density at radius 1 is 0.966 bits per heavy atom. The molecule has 1 saturated heterocycles. The molecule has 8 heteroatoms. The number of nitrogens with one attached hydrogen (secondary N) is 1. The van der Waals surface area contributed by atoms with Crippen LogP contribution >= 0.6 is 0 Å². The van der Waals surface area contributed by atoms with Gasteiger partial charge in [-0.25, -0.2) is 13.8 Å². The molecule has 0 bridgehead atoms. The molecule has 0 spiro atoms. The van der Waals surface area contributed by atoms with Crippen molar-refractivity contribution in [3.8, 4) is 5.75 Å². The van der Waals surface area contributed by atoms with Gasteiger partial charge in [-0.15, -0.1) is 0 Å². The van der Waals surface area contributed by atoms with E-state index >= 15 is 0 Å². The maximum absolute atomic E-state index is 13.9. The number of para-hydroxylation sites is 2. The molecule has 1 aliphatic heterocycles. The van der Waals surface area contributed by atoms with Gasteiger partial charge in [-0.05, 0) is 30.3 Å². The zero-order valence-corrected chi connectivity index (χ0v) is 16.0. The lowest BCUT2D eigenvalue weighted by Gasteiger charge is -2.37. The molecular formula is C21H21F2N5O. The van der Waals surface area contributed by atoms with Gasteiger partial charge in [0.1, 0.15) is 23.2 Å². The van der Waals surface area contributed by atoms with Gasteiger partial charge >= 0.3 is 0 Å². The highest BCUT2D eigenvalue weighted by atomic mass is 19.1. The van der Waals surface area contributed by atoms with E-state index in [0.29, 0.717) is 0 Å². The molecule has 0 saturated carbocycles. The lowest BCUT2D eigenvalue weighted by atomic mass is 10.2. The fraction of sp³-hybridized carbons (Fsp3) is 0.238. The Kier molecular flexibility index (Phi) is 5.41. The van der Waals surface area contributed by atoms with Crippen LogP contribution < -0.4 is 19.9 Å². The summed E-state index contributed by atoms with van der Waals surface area (Å²) < 4.78 is 32.4. The molecular weight excluding hydrogens is 376 g/mol. The van der Waals surface area contributed by atoms with E-state index in [-0.39, 0.29) is 11.6 Å². The Labute approximate surface area is 167 Å². The SMILES string of the molecule is COc1ccccc1N1CCN(c2ccnc(Nc3ccc(F)cc3F)n2)CC1. The standard InChI is InChI=1S/C21H21F2N5O/c1-29-19-5-3-2-4-18(19)27-10-12-28(13-11-27)20-8-9-24-21(26-20)25-17-7-6-15(22)14-16(17)23/h2-9,14H,10-13H2,1H3,(H,24,25,26). The number of benzene rings is 2. The Morgan fingerprint density at radius 2 is 1.72 bits per heavy atom. The summed E-state index contributed by atoms with van der Waals surface area (Å²) in [5, 5.41) is 2.81. The van der Waals surface area contributed by atoms with Gasteiger partial charge < -0.3 is 19.9 Å². The molecule has 1 aliphatic rings. The topological polar surface area (TPSA) is 53.5 Å². The van der Waals surface area contributed by atoms with E-state index in [1.807, 2.05) is 24.3 Å². The molecule has 150 valence electrons. The quantitative estimate of drug-likeness (QED) is 0.706. The number of nitrogens with zero attached hydrogens (tertiary/aromatic N) is 4. The zero-order valence-electron chi connectivity index (χ0n) is 16.0. The first-order chi connectivity index (χ1) is 14.1. The van der Waals surface area contributed by atoms with Crippen molar-refractivity contribution < 1.29 is 13.5 Å². The average molecular weight is 397 g/mol. The number of methoxy groups -OCH3 is 1. The summed E-state index contributed by atoms with van der Waals surface area (Å²) in [4.78, 5) is 13.1. The van der Waals surface area contributed by atoms with Gasteiger partial charge in [-0.1, -0.05) is 12.1 Å². The number of rotatable bonds is 5. The lowest BCUT2D eigenvalue weighted by Crippen LogP contribution is -2.47. The predicted molar refractivity (Wildman–Crippen MR) is 109 cm³/mol. The Bertz CT molecular complexity index is 992. The Balaban J connectivity index is 1.44. The molecule has 0 unspecified atom stereocenters. The van der Waals surface area contributed by atoms with E-state index in [1.165, 1.54) is 12.1 Å². The first-order valence-electron chi connectivity index (χ1n) is 9.32. The van der Waals surface area contributed by atoms with Crippen molar-refractivity contribution in [2.45, 2.75) is 0 Å². The van der Waals surface area contributed by atoms with E-state index < -0.39 is 11.6 Å². The van der Waals surface area contributed by atoms with Crippen LogP contribution in [0, 0.1) is 11.6 Å². The lowest BCUT2D eigenvalue weighted by molar-refractivity contribution is 0.413. The highest BCUT2D eigenvalue weighted by Gasteiger charge is 2.21. The number of ether oxygens (including phenoxy) is 1.